The zero-order chi connectivity index (χ0) is 16.6. The standard InChI is InChI=1S/C13H19NO7/c1-7(19-8(2)15)12(18-5)13(21-10(4)17)11(6-14)20-9(3)16/h7,11-13H,1-5H3. The first-order valence-corrected chi connectivity index (χ1v) is 6.17. The minimum Gasteiger partial charge on any atom is -0.460 e. The molecule has 0 aromatic heterocycles. The predicted molar refractivity (Wildman–Crippen MR) is 68.7 cm³/mol. The van der Waals surface area contributed by atoms with Crippen LogP contribution in [0.3, 0.4) is 0 Å². The van der Waals surface area contributed by atoms with Crippen LogP contribution in [0.5, 0.6) is 0 Å². The predicted octanol–water partition coefficient (Wildman–Crippen LogP) is 0.340. The van der Waals surface area contributed by atoms with Crippen LogP contribution in [0, 0.1) is 11.3 Å². The van der Waals surface area contributed by atoms with Gasteiger partial charge in [-0.3, -0.25) is 14.4 Å². The smallest absolute Gasteiger partial charge is 0.304 e. The molecule has 0 N–H and O–H groups in total. The van der Waals surface area contributed by atoms with Crippen molar-refractivity contribution >= 4 is 17.9 Å². The van der Waals surface area contributed by atoms with E-state index in [9.17, 15) is 14.4 Å². The molecule has 21 heavy (non-hydrogen) atoms. The lowest BCUT2D eigenvalue weighted by Crippen LogP contribution is -2.49. The number of rotatable bonds is 7. The first kappa shape index (κ1) is 18.9. The topological polar surface area (TPSA) is 112 Å². The Hall–Kier alpha value is -2.14. The lowest BCUT2D eigenvalue weighted by molar-refractivity contribution is -0.184. The van der Waals surface area contributed by atoms with Crippen LogP contribution < -0.4 is 0 Å². The second-order valence-electron chi connectivity index (χ2n) is 4.25. The Morgan fingerprint density at radius 1 is 0.905 bits per heavy atom. The fourth-order valence-electron chi connectivity index (χ4n) is 1.76. The highest BCUT2D eigenvalue weighted by Gasteiger charge is 2.39. The maximum Gasteiger partial charge on any atom is 0.304 e. The van der Waals surface area contributed by atoms with Gasteiger partial charge in [0.25, 0.3) is 0 Å². The van der Waals surface area contributed by atoms with Crippen LogP contribution in [0.4, 0.5) is 0 Å². The molecule has 0 heterocycles. The zero-order valence-corrected chi connectivity index (χ0v) is 12.6. The molecule has 0 aromatic rings. The lowest BCUT2D eigenvalue weighted by Gasteiger charge is -2.31. The number of esters is 3. The molecule has 0 radical (unpaired) electrons. The van der Waals surface area contributed by atoms with Crippen molar-refractivity contribution in [3.05, 3.63) is 0 Å². The Kier molecular flexibility index (Phi) is 8.01. The van der Waals surface area contributed by atoms with E-state index in [4.69, 9.17) is 24.2 Å². The normalized spacial score (nSPS) is 15.8. The van der Waals surface area contributed by atoms with Crippen molar-refractivity contribution in [1.29, 1.82) is 5.26 Å². The molecule has 0 saturated carbocycles. The number of carbonyl (C=O) groups excluding carboxylic acids is 3. The molecule has 0 aliphatic rings. The minimum atomic E-state index is -1.38. The fraction of sp³-hybridized carbons (Fsp3) is 0.692. The third kappa shape index (κ3) is 6.72. The molecule has 0 amide bonds. The second-order valence-corrected chi connectivity index (χ2v) is 4.25. The number of hydrogen-bond donors (Lipinski definition) is 0. The van der Waals surface area contributed by atoms with E-state index in [-0.39, 0.29) is 0 Å². The van der Waals surface area contributed by atoms with Crippen LogP contribution >= 0.6 is 0 Å². The summed E-state index contributed by atoms with van der Waals surface area (Å²) in [7, 11) is 1.30. The summed E-state index contributed by atoms with van der Waals surface area (Å²) in [5.74, 6) is -1.97. The van der Waals surface area contributed by atoms with Crippen LogP contribution in [0.15, 0.2) is 0 Å². The maximum absolute atomic E-state index is 11.2. The molecule has 118 valence electrons. The molecule has 8 heteroatoms. The Balaban J connectivity index is 5.32. The molecule has 0 aromatic carbocycles. The summed E-state index contributed by atoms with van der Waals surface area (Å²) in [6.07, 6.45) is -4.39. The Bertz CT molecular complexity index is 429. The van der Waals surface area contributed by atoms with Crippen LogP contribution in [0.1, 0.15) is 27.7 Å². The summed E-state index contributed by atoms with van der Waals surface area (Å²) in [5.41, 5.74) is 0. The molecule has 0 spiro atoms. The first-order chi connectivity index (χ1) is 9.72. The van der Waals surface area contributed by atoms with Crippen molar-refractivity contribution in [1.82, 2.24) is 0 Å². The molecular formula is C13H19NO7. The Morgan fingerprint density at radius 2 is 1.38 bits per heavy atom. The molecule has 8 nitrogen and oxygen atoms in total. The molecule has 0 aliphatic carbocycles. The SMILES string of the molecule is COC(C(C)OC(C)=O)C(OC(C)=O)C(C#N)OC(C)=O. The van der Waals surface area contributed by atoms with Crippen LogP contribution in [0.2, 0.25) is 0 Å². The molecule has 0 saturated heterocycles. The van der Waals surface area contributed by atoms with Gasteiger partial charge in [-0.15, -0.1) is 0 Å². The molecule has 0 fully saturated rings. The summed E-state index contributed by atoms with van der Waals surface area (Å²) in [6.45, 7) is 4.97. The first-order valence-electron chi connectivity index (χ1n) is 6.17. The Labute approximate surface area is 122 Å². The van der Waals surface area contributed by atoms with Crippen molar-refractivity contribution in [2.45, 2.75) is 52.1 Å². The van der Waals surface area contributed by atoms with Crippen molar-refractivity contribution in [3.8, 4) is 6.07 Å². The minimum absolute atomic E-state index is 0.563. The van der Waals surface area contributed by atoms with Crippen LogP contribution in [-0.2, 0) is 33.3 Å². The number of nitrogens with zero attached hydrogens (tertiary/aromatic N) is 1. The van der Waals surface area contributed by atoms with E-state index in [1.807, 2.05) is 0 Å². The molecule has 4 unspecified atom stereocenters. The van der Waals surface area contributed by atoms with E-state index in [0.717, 1.165) is 13.8 Å². The summed E-state index contributed by atoms with van der Waals surface area (Å²) in [4.78, 5) is 33.2. The van der Waals surface area contributed by atoms with Crippen molar-refractivity contribution in [2.24, 2.45) is 0 Å². The third-order valence-electron chi connectivity index (χ3n) is 2.43. The van der Waals surface area contributed by atoms with Crippen LogP contribution in [0.25, 0.3) is 0 Å². The summed E-state index contributed by atoms with van der Waals surface area (Å²) in [6, 6.07) is 1.72. The van der Waals surface area contributed by atoms with Gasteiger partial charge in [-0.25, -0.2) is 0 Å². The molecule has 0 bridgehead atoms. The van der Waals surface area contributed by atoms with Gasteiger partial charge in [0.15, 0.2) is 6.10 Å². The lowest BCUT2D eigenvalue weighted by atomic mass is 10.0. The van der Waals surface area contributed by atoms with E-state index in [2.05, 4.69) is 0 Å². The van der Waals surface area contributed by atoms with Crippen molar-refractivity contribution in [3.63, 3.8) is 0 Å². The van der Waals surface area contributed by atoms with Gasteiger partial charge in [-0.05, 0) is 6.92 Å². The summed E-state index contributed by atoms with van der Waals surface area (Å²) in [5, 5.41) is 9.08. The highest BCUT2D eigenvalue weighted by atomic mass is 16.6. The largest absolute Gasteiger partial charge is 0.460 e. The molecule has 4 atom stereocenters. The zero-order valence-electron chi connectivity index (χ0n) is 12.6. The van der Waals surface area contributed by atoms with Gasteiger partial charge in [0, 0.05) is 27.9 Å². The van der Waals surface area contributed by atoms with E-state index in [0.29, 0.717) is 0 Å². The van der Waals surface area contributed by atoms with E-state index >= 15 is 0 Å². The number of ether oxygens (including phenoxy) is 4. The van der Waals surface area contributed by atoms with Gasteiger partial charge in [0.1, 0.15) is 18.3 Å². The highest BCUT2D eigenvalue weighted by molar-refractivity contribution is 5.68. The Morgan fingerprint density at radius 3 is 1.71 bits per heavy atom. The van der Waals surface area contributed by atoms with Gasteiger partial charge in [-0.1, -0.05) is 0 Å². The maximum atomic E-state index is 11.2. The quantitative estimate of drug-likeness (QED) is 0.488. The van der Waals surface area contributed by atoms with Gasteiger partial charge < -0.3 is 18.9 Å². The van der Waals surface area contributed by atoms with E-state index in [1.165, 1.54) is 21.0 Å². The van der Waals surface area contributed by atoms with Gasteiger partial charge >= 0.3 is 17.9 Å². The van der Waals surface area contributed by atoms with Crippen LogP contribution in [-0.4, -0.2) is 49.4 Å². The second kappa shape index (κ2) is 8.92. The molecular weight excluding hydrogens is 282 g/mol. The number of nitriles is 1. The van der Waals surface area contributed by atoms with E-state index < -0.39 is 42.3 Å². The number of carbonyl (C=O) groups is 3. The average Bonchev–Trinajstić information content (AvgIpc) is 2.34. The number of hydrogen-bond acceptors (Lipinski definition) is 8. The van der Waals surface area contributed by atoms with Gasteiger partial charge in [0.05, 0.1) is 0 Å². The number of methoxy groups -OCH3 is 1. The van der Waals surface area contributed by atoms with Crippen molar-refractivity contribution < 1.29 is 33.3 Å². The van der Waals surface area contributed by atoms with Gasteiger partial charge in [-0.2, -0.15) is 5.26 Å². The summed E-state index contributed by atoms with van der Waals surface area (Å²) < 4.78 is 19.9. The molecule has 0 aliphatic heterocycles. The highest BCUT2D eigenvalue weighted by Crippen LogP contribution is 2.17. The monoisotopic (exact) mass is 301 g/mol. The average molecular weight is 301 g/mol. The fourth-order valence-corrected chi connectivity index (χ4v) is 1.76. The third-order valence-corrected chi connectivity index (χ3v) is 2.43. The molecule has 0 rings (SSSR count). The van der Waals surface area contributed by atoms with Crippen molar-refractivity contribution in [2.75, 3.05) is 7.11 Å². The van der Waals surface area contributed by atoms with E-state index in [1.54, 1.807) is 6.07 Å². The van der Waals surface area contributed by atoms with Gasteiger partial charge in [0.2, 0.25) is 6.10 Å². The summed E-state index contributed by atoms with van der Waals surface area (Å²) >= 11 is 0.